The van der Waals surface area contributed by atoms with Crippen LogP contribution in [0.2, 0.25) is 0 Å². The van der Waals surface area contributed by atoms with E-state index in [2.05, 4.69) is 16.0 Å². The van der Waals surface area contributed by atoms with E-state index in [1.54, 1.807) is 0 Å². The number of carbonyl (C=O) groups excluding carboxylic acids is 2. The third-order valence-corrected chi connectivity index (χ3v) is 6.82. The minimum atomic E-state index is -0.722. The monoisotopic (exact) mass is 414 g/mol. The summed E-state index contributed by atoms with van der Waals surface area (Å²) >= 11 is 0. The van der Waals surface area contributed by atoms with Crippen LogP contribution in [0.1, 0.15) is 84.9 Å². The number of hydrogen-bond acceptors (Lipinski definition) is 3. The summed E-state index contributed by atoms with van der Waals surface area (Å²) in [6.07, 6.45) is 7.69. The third kappa shape index (κ3) is 3.18. The molecule has 2 aromatic rings. The van der Waals surface area contributed by atoms with Crippen molar-refractivity contribution < 1.29 is 18.4 Å². The van der Waals surface area contributed by atoms with Crippen LogP contribution in [0.15, 0.2) is 18.2 Å². The van der Waals surface area contributed by atoms with E-state index in [9.17, 15) is 18.4 Å². The standard InChI is InChI=1S/C22H24F2N4O2/c23-15-8-9-17(16(24)11-15)28-20-14-7-6-13(10-14)18(20)19(27-28)22(30)26-25-21(29)12-4-2-1-3-5-12/h8-9,11-14H,1-7,10H2,(H,25,29)(H,26,30). The van der Waals surface area contributed by atoms with Gasteiger partial charge in [0.2, 0.25) is 5.91 Å². The predicted molar refractivity (Wildman–Crippen MR) is 105 cm³/mol. The normalized spacial score (nSPS) is 22.7. The van der Waals surface area contributed by atoms with Gasteiger partial charge in [-0.2, -0.15) is 5.10 Å². The van der Waals surface area contributed by atoms with E-state index < -0.39 is 17.5 Å². The minimum absolute atomic E-state index is 0.0772. The van der Waals surface area contributed by atoms with Crippen molar-refractivity contribution in [3.05, 3.63) is 46.8 Å². The zero-order valence-electron chi connectivity index (χ0n) is 16.6. The lowest BCUT2D eigenvalue weighted by atomic mass is 9.89. The summed E-state index contributed by atoms with van der Waals surface area (Å²) in [6, 6.07) is 3.35. The van der Waals surface area contributed by atoms with Gasteiger partial charge in [0.15, 0.2) is 11.5 Å². The number of carbonyl (C=O) groups is 2. The molecule has 1 aromatic heterocycles. The number of benzene rings is 1. The topological polar surface area (TPSA) is 76.0 Å². The van der Waals surface area contributed by atoms with Crippen molar-refractivity contribution in [1.82, 2.24) is 20.6 Å². The van der Waals surface area contributed by atoms with Gasteiger partial charge in [-0.05, 0) is 50.2 Å². The lowest BCUT2D eigenvalue weighted by Gasteiger charge is -2.20. The Labute approximate surface area is 173 Å². The fourth-order valence-corrected chi connectivity index (χ4v) is 5.38. The molecule has 3 aliphatic rings. The minimum Gasteiger partial charge on any atom is -0.273 e. The lowest BCUT2D eigenvalue weighted by Crippen LogP contribution is -2.45. The van der Waals surface area contributed by atoms with Gasteiger partial charge < -0.3 is 0 Å². The summed E-state index contributed by atoms with van der Waals surface area (Å²) < 4.78 is 29.3. The number of rotatable bonds is 3. The number of halogens is 2. The smallest absolute Gasteiger partial charge is 0.273 e. The second kappa shape index (κ2) is 7.49. The zero-order valence-corrected chi connectivity index (χ0v) is 16.6. The Kier molecular flexibility index (Phi) is 4.79. The van der Waals surface area contributed by atoms with Crippen molar-refractivity contribution in [2.75, 3.05) is 0 Å². The number of hydrogen-bond donors (Lipinski definition) is 2. The average molecular weight is 414 g/mol. The van der Waals surface area contributed by atoms with Gasteiger partial charge in [0.1, 0.15) is 11.5 Å². The van der Waals surface area contributed by atoms with Gasteiger partial charge in [0.05, 0.1) is 5.69 Å². The maximum atomic E-state index is 14.5. The highest BCUT2D eigenvalue weighted by Gasteiger charge is 2.44. The average Bonchev–Trinajstić information content (AvgIpc) is 3.45. The molecule has 5 rings (SSSR count). The van der Waals surface area contributed by atoms with Crippen LogP contribution in [-0.2, 0) is 4.79 Å². The van der Waals surface area contributed by atoms with Crippen LogP contribution in [0.4, 0.5) is 8.78 Å². The van der Waals surface area contributed by atoms with Crippen LogP contribution in [0, 0.1) is 17.6 Å². The molecule has 3 aliphatic carbocycles. The largest absolute Gasteiger partial charge is 0.290 e. The number of nitrogens with one attached hydrogen (secondary N) is 2. The van der Waals surface area contributed by atoms with E-state index in [0.717, 1.165) is 68.7 Å². The third-order valence-electron chi connectivity index (χ3n) is 6.82. The van der Waals surface area contributed by atoms with Crippen LogP contribution in [0.25, 0.3) is 5.69 Å². The van der Waals surface area contributed by atoms with Crippen molar-refractivity contribution in [1.29, 1.82) is 0 Å². The summed E-state index contributed by atoms with van der Waals surface area (Å²) in [5.41, 5.74) is 7.06. The molecule has 2 N–H and O–H groups in total. The molecule has 0 spiro atoms. The summed E-state index contributed by atoms with van der Waals surface area (Å²) in [5, 5.41) is 4.41. The van der Waals surface area contributed by atoms with E-state index in [1.165, 1.54) is 16.8 Å². The first-order valence-electron chi connectivity index (χ1n) is 10.7. The first kappa shape index (κ1) is 19.2. The summed E-state index contributed by atoms with van der Waals surface area (Å²) in [7, 11) is 0. The number of nitrogens with zero attached hydrogens (tertiary/aromatic N) is 2. The molecule has 158 valence electrons. The van der Waals surface area contributed by atoms with Gasteiger partial charge in [0.25, 0.3) is 5.91 Å². The second-order valence-corrected chi connectivity index (χ2v) is 8.64. The van der Waals surface area contributed by atoms with Crippen LogP contribution >= 0.6 is 0 Å². The molecule has 30 heavy (non-hydrogen) atoms. The molecule has 2 bridgehead atoms. The molecule has 0 aliphatic heterocycles. The molecule has 8 heteroatoms. The van der Waals surface area contributed by atoms with E-state index in [1.807, 2.05) is 0 Å². The van der Waals surface area contributed by atoms with E-state index in [0.29, 0.717) is 0 Å². The first-order chi connectivity index (χ1) is 14.5. The maximum Gasteiger partial charge on any atom is 0.290 e. The van der Waals surface area contributed by atoms with Crippen LogP contribution in [0.5, 0.6) is 0 Å². The SMILES string of the molecule is O=C(NNC(=O)C1CCCCC1)c1nn(-c2ccc(F)cc2F)c2c1C1CCC2C1. The van der Waals surface area contributed by atoms with E-state index in [4.69, 9.17) is 0 Å². The quantitative estimate of drug-likeness (QED) is 0.749. The highest BCUT2D eigenvalue weighted by Crippen LogP contribution is 2.54. The molecule has 2 amide bonds. The van der Waals surface area contributed by atoms with Crippen molar-refractivity contribution in [3.8, 4) is 5.69 Å². The molecule has 0 saturated heterocycles. The van der Waals surface area contributed by atoms with E-state index >= 15 is 0 Å². The summed E-state index contributed by atoms with van der Waals surface area (Å²) in [5.74, 6) is -1.72. The van der Waals surface area contributed by atoms with Crippen LogP contribution in [0.3, 0.4) is 0 Å². The Morgan fingerprint density at radius 3 is 2.53 bits per heavy atom. The molecule has 2 saturated carbocycles. The molecular weight excluding hydrogens is 390 g/mol. The maximum absolute atomic E-state index is 14.5. The molecule has 0 radical (unpaired) electrons. The van der Waals surface area contributed by atoms with Crippen LogP contribution in [-0.4, -0.2) is 21.6 Å². The van der Waals surface area contributed by atoms with Crippen molar-refractivity contribution in [2.45, 2.75) is 63.2 Å². The summed E-state index contributed by atoms with van der Waals surface area (Å²) in [6.45, 7) is 0. The molecule has 2 atom stereocenters. The van der Waals surface area contributed by atoms with Gasteiger partial charge in [-0.15, -0.1) is 0 Å². The fraction of sp³-hybridized carbons (Fsp3) is 0.500. The Morgan fingerprint density at radius 2 is 1.77 bits per heavy atom. The van der Waals surface area contributed by atoms with Crippen molar-refractivity contribution in [2.24, 2.45) is 5.92 Å². The fourth-order valence-electron chi connectivity index (χ4n) is 5.38. The number of amides is 2. The molecule has 2 unspecified atom stereocenters. The number of fused-ring (bicyclic) bond motifs is 5. The Bertz CT molecular complexity index is 1010. The Morgan fingerprint density at radius 1 is 1.00 bits per heavy atom. The highest BCUT2D eigenvalue weighted by atomic mass is 19.1. The molecule has 2 fully saturated rings. The van der Waals surface area contributed by atoms with Crippen molar-refractivity contribution in [3.63, 3.8) is 0 Å². The van der Waals surface area contributed by atoms with Gasteiger partial charge in [0, 0.05) is 23.5 Å². The Balaban J connectivity index is 1.42. The lowest BCUT2D eigenvalue weighted by molar-refractivity contribution is -0.126. The predicted octanol–water partition coefficient (Wildman–Crippen LogP) is 3.86. The molecule has 1 heterocycles. The van der Waals surface area contributed by atoms with Gasteiger partial charge in [-0.3, -0.25) is 20.4 Å². The first-order valence-corrected chi connectivity index (χ1v) is 10.7. The number of aromatic nitrogens is 2. The summed E-state index contributed by atoms with van der Waals surface area (Å²) in [4.78, 5) is 25.3. The van der Waals surface area contributed by atoms with Gasteiger partial charge >= 0.3 is 0 Å². The molecule has 6 nitrogen and oxygen atoms in total. The number of hydrazine groups is 1. The molecular formula is C22H24F2N4O2. The highest BCUT2D eigenvalue weighted by molar-refractivity contribution is 5.96. The molecule has 1 aromatic carbocycles. The van der Waals surface area contributed by atoms with Gasteiger partial charge in [-0.1, -0.05) is 19.3 Å². The van der Waals surface area contributed by atoms with E-state index in [-0.39, 0.29) is 35.0 Å². The van der Waals surface area contributed by atoms with Crippen LogP contribution < -0.4 is 10.9 Å². The van der Waals surface area contributed by atoms with Crippen molar-refractivity contribution >= 4 is 11.8 Å². The van der Waals surface area contributed by atoms with Gasteiger partial charge in [-0.25, -0.2) is 13.5 Å². The second-order valence-electron chi connectivity index (χ2n) is 8.64. The Hall–Kier alpha value is -2.77. The zero-order chi connectivity index (χ0) is 20.8.